The van der Waals surface area contributed by atoms with Gasteiger partial charge in [0.05, 0.1) is 30.9 Å². The van der Waals surface area contributed by atoms with E-state index in [-0.39, 0.29) is 0 Å². The number of methoxy groups -OCH3 is 2. The first-order chi connectivity index (χ1) is 14.2. The quantitative estimate of drug-likeness (QED) is 0.451. The number of hydrazine groups is 1. The topological polar surface area (TPSA) is 68.3 Å². The number of hydrogen-bond acceptors (Lipinski definition) is 6. The Hall–Kier alpha value is -3.80. The first-order valence-corrected chi connectivity index (χ1v) is 9.26. The number of fused-ring (bicyclic) bond motifs is 1. The lowest BCUT2D eigenvalue weighted by Crippen LogP contribution is -2.12. The summed E-state index contributed by atoms with van der Waals surface area (Å²) in [5, 5.41) is 0. The second kappa shape index (κ2) is 8.06. The first kappa shape index (κ1) is 18.6. The summed E-state index contributed by atoms with van der Waals surface area (Å²) in [6, 6.07) is 21.7. The van der Waals surface area contributed by atoms with Crippen LogP contribution in [0.2, 0.25) is 0 Å². The van der Waals surface area contributed by atoms with Gasteiger partial charge in [-0.2, -0.15) is 0 Å². The van der Waals surface area contributed by atoms with Crippen molar-refractivity contribution >= 4 is 22.5 Å². The third-order valence-corrected chi connectivity index (χ3v) is 4.58. The smallest absolute Gasteiger partial charge is 0.171 e. The van der Waals surface area contributed by atoms with Crippen LogP contribution in [0.4, 0.5) is 11.5 Å². The van der Waals surface area contributed by atoms with E-state index >= 15 is 0 Å². The summed E-state index contributed by atoms with van der Waals surface area (Å²) in [5.41, 5.74) is 11.8. The van der Waals surface area contributed by atoms with Gasteiger partial charge in [0.15, 0.2) is 17.3 Å². The maximum atomic E-state index is 5.37. The highest BCUT2D eigenvalue weighted by Gasteiger charge is 2.12. The Labute approximate surface area is 169 Å². The van der Waals surface area contributed by atoms with Gasteiger partial charge < -0.3 is 9.47 Å². The number of hydrogen-bond donors (Lipinski definition) is 2. The standard InChI is InChI=1S/C23H22N4O2/c1-15-9-11-18-19(13-15)25-23(22(24-18)16-7-5-4-6-8-16)27-26-17-10-12-20(28-2)21(14-17)29-3/h4-14,26H,1-3H3,(H,25,27). The van der Waals surface area contributed by atoms with Crippen LogP contribution in [-0.2, 0) is 0 Å². The molecule has 4 rings (SSSR count). The number of nitrogens with zero attached hydrogens (tertiary/aromatic N) is 2. The zero-order valence-electron chi connectivity index (χ0n) is 16.6. The molecule has 0 saturated heterocycles. The van der Waals surface area contributed by atoms with E-state index in [9.17, 15) is 0 Å². The lowest BCUT2D eigenvalue weighted by Gasteiger charge is -2.15. The first-order valence-electron chi connectivity index (χ1n) is 9.26. The number of rotatable bonds is 6. The molecule has 146 valence electrons. The summed E-state index contributed by atoms with van der Waals surface area (Å²) in [6.45, 7) is 2.04. The molecule has 6 heteroatoms. The maximum Gasteiger partial charge on any atom is 0.171 e. The van der Waals surface area contributed by atoms with E-state index in [0.717, 1.165) is 33.5 Å². The molecule has 1 heterocycles. The molecule has 0 aliphatic heterocycles. The molecule has 0 aliphatic carbocycles. The Morgan fingerprint density at radius 3 is 2.28 bits per heavy atom. The molecule has 3 aromatic carbocycles. The Morgan fingerprint density at radius 2 is 1.52 bits per heavy atom. The monoisotopic (exact) mass is 386 g/mol. The summed E-state index contributed by atoms with van der Waals surface area (Å²) in [4.78, 5) is 9.66. The summed E-state index contributed by atoms with van der Waals surface area (Å²) < 4.78 is 10.7. The van der Waals surface area contributed by atoms with Gasteiger partial charge in [-0.3, -0.25) is 10.9 Å². The molecule has 0 spiro atoms. The van der Waals surface area contributed by atoms with Crippen LogP contribution in [0.5, 0.6) is 11.5 Å². The van der Waals surface area contributed by atoms with Gasteiger partial charge in [-0.15, -0.1) is 0 Å². The van der Waals surface area contributed by atoms with Crippen molar-refractivity contribution in [3.63, 3.8) is 0 Å². The Balaban J connectivity index is 1.72. The minimum atomic E-state index is 0.641. The zero-order valence-corrected chi connectivity index (χ0v) is 16.6. The van der Waals surface area contributed by atoms with E-state index < -0.39 is 0 Å². The fourth-order valence-corrected chi connectivity index (χ4v) is 3.09. The second-order valence-electron chi connectivity index (χ2n) is 6.60. The average molecular weight is 386 g/mol. The molecule has 0 bridgehead atoms. The Kier molecular flexibility index (Phi) is 5.16. The van der Waals surface area contributed by atoms with Crippen molar-refractivity contribution in [1.29, 1.82) is 0 Å². The highest BCUT2D eigenvalue weighted by molar-refractivity contribution is 5.84. The fraction of sp³-hybridized carbons (Fsp3) is 0.130. The SMILES string of the molecule is COc1ccc(NNc2nc3cc(C)ccc3nc2-c2ccccc2)cc1OC. The molecule has 6 nitrogen and oxygen atoms in total. The van der Waals surface area contributed by atoms with Crippen molar-refractivity contribution in [3.8, 4) is 22.8 Å². The molecule has 2 N–H and O–H groups in total. The number of aromatic nitrogens is 2. The fourth-order valence-electron chi connectivity index (χ4n) is 3.09. The minimum absolute atomic E-state index is 0.641. The van der Waals surface area contributed by atoms with Crippen LogP contribution in [0.1, 0.15) is 5.56 Å². The third kappa shape index (κ3) is 3.91. The molecule has 0 saturated carbocycles. The van der Waals surface area contributed by atoms with Crippen LogP contribution in [0, 0.1) is 6.92 Å². The maximum absolute atomic E-state index is 5.37. The second-order valence-corrected chi connectivity index (χ2v) is 6.60. The number of aryl methyl sites for hydroxylation is 1. The largest absolute Gasteiger partial charge is 0.493 e. The van der Waals surface area contributed by atoms with Crippen LogP contribution in [0.25, 0.3) is 22.3 Å². The molecule has 0 amide bonds. The van der Waals surface area contributed by atoms with E-state index in [1.165, 1.54) is 0 Å². The van der Waals surface area contributed by atoms with Gasteiger partial charge >= 0.3 is 0 Å². The van der Waals surface area contributed by atoms with E-state index in [1.807, 2.05) is 73.7 Å². The van der Waals surface area contributed by atoms with Crippen LogP contribution in [0.15, 0.2) is 66.7 Å². The van der Waals surface area contributed by atoms with Crippen molar-refractivity contribution < 1.29 is 9.47 Å². The van der Waals surface area contributed by atoms with Gasteiger partial charge in [-0.25, -0.2) is 9.97 Å². The molecule has 0 radical (unpaired) electrons. The molecule has 0 fully saturated rings. The molecule has 1 aromatic heterocycles. The highest BCUT2D eigenvalue weighted by atomic mass is 16.5. The van der Waals surface area contributed by atoms with E-state index in [1.54, 1.807) is 14.2 Å². The van der Waals surface area contributed by atoms with Gasteiger partial charge in [0, 0.05) is 11.6 Å². The minimum Gasteiger partial charge on any atom is -0.493 e. The van der Waals surface area contributed by atoms with Crippen LogP contribution >= 0.6 is 0 Å². The van der Waals surface area contributed by atoms with Gasteiger partial charge in [0.2, 0.25) is 0 Å². The summed E-state index contributed by atoms with van der Waals surface area (Å²) in [5.74, 6) is 1.95. The summed E-state index contributed by atoms with van der Waals surface area (Å²) in [7, 11) is 3.22. The molecule has 0 atom stereocenters. The van der Waals surface area contributed by atoms with Gasteiger partial charge in [0.25, 0.3) is 0 Å². The van der Waals surface area contributed by atoms with Crippen LogP contribution < -0.4 is 20.3 Å². The number of ether oxygens (including phenoxy) is 2. The predicted molar refractivity (Wildman–Crippen MR) is 117 cm³/mol. The molecule has 4 aromatic rings. The predicted octanol–water partition coefficient (Wildman–Crippen LogP) is 5.06. The van der Waals surface area contributed by atoms with E-state index in [2.05, 4.69) is 10.9 Å². The van der Waals surface area contributed by atoms with Crippen LogP contribution in [0.3, 0.4) is 0 Å². The lowest BCUT2D eigenvalue weighted by atomic mass is 10.1. The van der Waals surface area contributed by atoms with Crippen molar-refractivity contribution in [2.75, 3.05) is 25.1 Å². The molecule has 29 heavy (non-hydrogen) atoms. The molecular weight excluding hydrogens is 364 g/mol. The lowest BCUT2D eigenvalue weighted by molar-refractivity contribution is 0.355. The molecular formula is C23H22N4O2. The zero-order chi connectivity index (χ0) is 20.2. The highest BCUT2D eigenvalue weighted by Crippen LogP contribution is 2.31. The van der Waals surface area contributed by atoms with Crippen molar-refractivity contribution in [3.05, 3.63) is 72.3 Å². The Morgan fingerprint density at radius 1 is 0.724 bits per heavy atom. The van der Waals surface area contributed by atoms with Crippen molar-refractivity contribution in [2.45, 2.75) is 6.92 Å². The normalized spacial score (nSPS) is 10.6. The number of anilines is 2. The van der Waals surface area contributed by atoms with Gasteiger partial charge in [0.1, 0.15) is 5.69 Å². The number of nitrogens with one attached hydrogen (secondary N) is 2. The van der Waals surface area contributed by atoms with Gasteiger partial charge in [-0.1, -0.05) is 36.4 Å². The summed E-state index contributed by atoms with van der Waals surface area (Å²) in [6.07, 6.45) is 0. The number of benzene rings is 3. The van der Waals surface area contributed by atoms with E-state index in [4.69, 9.17) is 19.4 Å². The van der Waals surface area contributed by atoms with E-state index in [0.29, 0.717) is 17.3 Å². The molecule has 0 unspecified atom stereocenters. The molecule has 0 aliphatic rings. The van der Waals surface area contributed by atoms with Crippen molar-refractivity contribution in [1.82, 2.24) is 9.97 Å². The third-order valence-electron chi connectivity index (χ3n) is 4.58. The average Bonchev–Trinajstić information content (AvgIpc) is 2.77. The van der Waals surface area contributed by atoms with Crippen molar-refractivity contribution in [2.24, 2.45) is 0 Å². The summed E-state index contributed by atoms with van der Waals surface area (Å²) >= 11 is 0. The van der Waals surface area contributed by atoms with Gasteiger partial charge in [-0.05, 0) is 36.8 Å². The van der Waals surface area contributed by atoms with Crippen LogP contribution in [-0.4, -0.2) is 24.2 Å². The Bertz CT molecular complexity index is 1150.